The van der Waals surface area contributed by atoms with E-state index in [9.17, 15) is 14.3 Å². The second kappa shape index (κ2) is 4.41. The average molecular weight is 263 g/mol. The minimum atomic E-state index is -0.866. The van der Waals surface area contributed by atoms with Crippen LogP contribution in [0.25, 0.3) is 0 Å². The van der Waals surface area contributed by atoms with Gasteiger partial charge in [-0.2, -0.15) is 0 Å². The van der Waals surface area contributed by atoms with Gasteiger partial charge in [-0.1, -0.05) is 15.9 Å². The van der Waals surface area contributed by atoms with Crippen molar-refractivity contribution in [3.05, 3.63) is 28.0 Å². The molecule has 0 heterocycles. The Bertz CT molecular complexity index is 342. The second-order valence-electron chi connectivity index (χ2n) is 2.50. The number of aromatic hydroxyl groups is 1. The number of carbonyl (C=O) groups excluding carboxylic acids is 1. The van der Waals surface area contributed by atoms with Crippen LogP contribution in [0.5, 0.6) is 5.75 Å². The number of rotatable bonds is 2. The third kappa shape index (κ3) is 2.23. The molecule has 0 aliphatic rings. The summed E-state index contributed by atoms with van der Waals surface area (Å²) in [5.41, 5.74) is -0.435. The van der Waals surface area contributed by atoms with Gasteiger partial charge in [-0.3, -0.25) is 0 Å². The minimum absolute atomic E-state index is 0.133. The Morgan fingerprint density at radius 1 is 1.64 bits per heavy atom. The fraction of sp³-hybridized carbons (Fsp3) is 0.222. The molecule has 0 aliphatic carbocycles. The third-order valence-electron chi connectivity index (χ3n) is 1.51. The number of hydrogen-bond acceptors (Lipinski definition) is 3. The molecule has 1 aromatic rings. The monoisotopic (exact) mass is 262 g/mol. The zero-order valence-corrected chi connectivity index (χ0v) is 8.97. The van der Waals surface area contributed by atoms with E-state index >= 15 is 0 Å². The highest BCUT2D eigenvalue weighted by Gasteiger charge is 2.18. The quantitative estimate of drug-likeness (QED) is 0.834. The molecule has 0 unspecified atom stereocenters. The zero-order valence-electron chi connectivity index (χ0n) is 7.38. The predicted molar refractivity (Wildman–Crippen MR) is 51.7 cm³/mol. The lowest BCUT2D eigenvalue weighted by molar-refractivity contribution is 0.0517. The van der Waals surface area contributed by atoms with Crippen molar-refractivity contribution in [2.24, 2.45) is 0 Å². The second-order valence-corrected chi connectivity index (χ2v) is 3.42. The maximum atomic E-state index is 13.2. The molecule has 0 amide bonds. The van der Waals surface area contributed by atoms with E-state index < -0.39 is 23.1 Å². The maximum Gasteiger partial charge on any atom is 0.344 e. The summed E-state index contributed by atoms with van der Waals surface area (Å²) >= 11 is 2.98. The topological polar surface area (TPSA) is 46.5 Å². The third-order valence-corrected chi connectivity index (χ3v) is 1.97. The summed E-state index contributed by atoms with van der Waals surface area (Å²) in [4.78, 5) is 11.2. The molecule has 14 heavy (non-hydrogen) atoms. The fourth-order valence-electron chi connectivity index (χ4n) is 0.965. The Hall–Kier alpha value is -1.10. The van der Waals surface area contributed by atoms with E-state index in [0.29, 0.717) is 4.47 Å². The van der Waals surface area contributed by atoms with Crippen LogP contribution in [0.3, 0.4) is 0 Å². The van der Waals surface area contributed by atoms with Crippen molar-refractivity contribution in [2.75, 3.05) is 6.61 Å². The Morgan fingerprint density at radius 3 is 2.79 bits per heavy atom. The largest absolute Gasteiger partial charge is 0.507 e. The van der Waals surface area contributed by atoms with E-state index in [1.807, 2.05) is 0 Å². The van der Waals surface area contributed by atoms with Gasteiger partial charge in [0.2, 0.25) is 0 Å². The van der Waals surface area contributed by atoms with Crippen LogP contribution in [0.4, 0.5) is 4.39 Å². The highest BCUT2D eigenvalue weighted by molar-refractivity contribution is 9.10. The standard InChI is InChI=1S/C9H8BrFO3/c1-2-14-9(13)8-6(11)3-5(10)4-7(8)12/h3-4,12H,2H2,1H3. The van der Waals surface area contributed by atoms with Crippen molar-refractivity contribution in [2.45, 2.75) is 6.92 Å². The smallest absolute Gasteiger partial charge is 0.344 e. The fourth-order valence-corrected chi connectivity index (χ4v) is 1.38. The number of phenols is 1. The molecule has 76 valence electrons. The summed E-state index contributed by atoms with van der Waals surface area (Å²) in [6, 6.07) is 2.32. The summed E-state index contributed by atoms with van der Waals surface area (Å²) in [7, 11) is 0. The molecule has 1 N–H and O–H groups in total. The molecule has 0 aromatic heterocycles. The number of carbonyl (C=O) groups is 1. The van der Waals surface area contributed by atoms with E-state index in [0.717, 1.165) is 6.07 Å². The Morgan fingerprint density at radius 2 is 2.29 bits per heavy atom. The number of benzene rings is 1. The van der Waals surface area contributed by atoms with Crippen molar-refractivity contribution >= 4 is 21.9 Å². The van der Waals surface area contributed by atoms with Crippen LogP contribution < -0.4 is 0 Å². The first-order chi connectivity index (χ1) is 6.56. The molecule has 0 bridgehead atoms. The van der Waals surface area contributed by atoms with Crippen molar-refractivity contribution in [1.82, 2.24) is 0 Å². The highest BCUT2D eigenvalue weighted by atomic mass is 79.9. The van der Waals surface area contributed by atoms with Gasteiger partial charge in [0.15, 0.2) is 0 Å². The van der Waals surface area contributed by atoms with Crippen molar-refractivity contribution in [1.29, 1.82) is 0 Å². The SMILES string of the molecule is CCOC(=O)c1c(O)cc(Br)cc1F. The Kier molecular flexibility index (Phi) is 3.46. The van der Waals surface area contributed by atoms with Gasteiger partial charge in [0.25, 0.3) is 0 Å². The van der Waals surface area contributed by atoms with Gasteiger partial charge in [0, 0.05) is 4.47 Å². The summed E-state index contributed by atoms with van der Waals surface area (Å²) in [6.45, 7) is 1.74. The average Bonchev–Trinajstić information content (AvgIpc) is 2.01. The first-order valence-corrected chi connectivity index (χ1v) is 4.70. The lowest BCUT2D eigenvalue weighted by atomic mass is 10.2. The molecule has 0 atom stereocenters. The summed E-state index contributed by atoms with van der Waals surface area (Å²) in [5, 5.41) is 9.30. The molecule has 0 saturated carbocycles. The number of ether oxygens (including phenoxy) is 1. The van der Waals surface area contributed by atoms with Gasteiger partial charge in [-0.25, -0.2) is 9.18 Å². The van der Waals surface area contributed by atoms with Gasteiger partial charge >= 0.3 is 5.97 Å². The van der Waals surface area contributed by atoms with Crippen LogP contribution >= 0.6 is 15.9 Å². The first-order valence-electron chi connectivity index (χ1n) is 3.91. The molecule has 3 nitrogen and oxygen atoms in total. The minimum Gasteiger partial charge on any atom is -0.507 e. The summed E-state index contributed by atoms with van der Waals surface area (Å²) in [5.74, 6) is -2.11. The highest BCUT2D eigenvalue weighted by Crippen LogP contribution is 2.26. The lowest BCUT2D eigenvalue weighted by Gasteiger charge is -2.05. The van der Waals surface area contributed by atoms with Crippen LogP contribution in [0.15, 0.2) is 16.6 Å². The van der Waals surface area contributed by atoms with Gasteiger partial charge in [-0.15, -0.1) is 0 Å². The Labute approximate surface area is 88.6 Å². The van der Waals surface area contributed by atoms with Gasteiger partial charge in [0.1, 0.15) is 17.1 Å². The number of esters is 1. The van der Waals surface area contributed by atoms with E-state index in [2.05, 4.69) is 20.7 Å². The first kappa shape index (κ1) is 11.0. The molecule has 0 fully saturated rings. The molecular weight excluding hydrogens is 255 g/mol. The predicted octanol–water partition coefficient (Wildman–Crippen LogP) is 2.47. The molecule has 1 aromatic carbocycles. The van der Waals surface area contributed by atoms with Gasteiger partial charge < -0.3 is 9.84 Å². The van der Waals surface area contributed by atoms with Crippen molar-refractivity contribution < 1.29 is 19.0 Å². The summed E-state index contributed by atoms with van der Waals surface area (Å²) < 4.78 is 18.1. The lowest BCUT2D eigenvalue weighted by Crippen LogP contribution is -2.07. The maximum absolute atomic E-state index is 13.2. The van der Waals surface area contributed by atoms with Crippen LogP contribution in [-0.4, -0.2) is 17.7 Å². The normalized spacial score (nSPS) is 9.93. The number of hydrogen-bond donors (Lipinski definition) is 1. The van der Waals surface area contributed by atoms with Gasteiger partial charge in [-0.05, 0) is 19.1 Å². The molecular formula is C9H8BrFO3. The zero-order chi connectivity index (χ0) is 10.7. The van der Waals surface area contributed by atoms with Crippen molar-refractivity contribution in [3.8, 4) is 5.75 Å². The molecule has 0 spiro atoms. The van der Waals surface area contributed by atoms with E-state index in [1.54, 1.807) is 6.92 Å². The molecule has 1 rings (SSSR count). The molecule has 0 aliphatic heterocycles. The van der Waals surface area contributed by atoms with E-state index in [4.69, 9.17) is 0 Å². The van der Waals surface area contributed by atoms with Gasteiger partial charge in [0.05, 0.1) is 6.61 Å². The molecule has 0 saturated heterocycles. The Balaban J connectivity index is 3.14. The van der Waals surface area contributed by atoms with Crippen LogP contribution in [0.2, 0.25) is 0 Å². The van der Waals surface area contributed by atoms with Crippen LogP contribution in [-0.2, 0) is 4.74 Å². The molecule has 5 heteroatoms. The summed E-state index contributed by atoms with van der Waals surface area (Å²) in [6.07, 6.45) is 0. The van der Waals surface area contributed by atoms with E-state index in [1.165, 1.54) is 6.07 Å². The van der Waals surface area contributed by atoms with E-state index in [-0.39, 0.29) is 6.61 Å². The van der Waals surface area contributed by atoms with Crippen LogP contribution in [0, 0.1) is 5.82 Å². The molecule has 0 radical (unpaired) electrons. The number of halogens is 2. The number of phenolic OH excluding ortho intramolecular Hbond substituents is 1. The van der Waals surface area contributed by atoms with Crippen molar-refractivity contribution in [3.63, 3.8) is 0 Å². The van der Waals surface area contributed by atoms with Crippen LogP contribution in [0.1, 0.15) is 17.3 Å².